The Balaban J connectivity index is 1.64. The summed E-state index contributed by atoms with van der Waals surface area (Å²) in [6.45, 7) is 4.31. The molecule has 0 radical (unpaired) electrons. The van der Waals surface area contributed by atoms with Gasteiger partial charge in [-0.3, -0.25) is 9.78 Å². The molecule has 8 heteroatoms. The predicted molar refractivity (Wildman–Crippen MR) is 101 cm³/mol. The van der Waals surface area contributed by atoms with Gasteiger partial charge in [-0.25, -0.2) is 15.0 Å². The molecule has 0 unspecified atom stereocenters. The van der Waals surface area contributed by atoms with Crippen molar-refractivity contribution < 1.29 is 4.79 Å². The Bertz CT molecular complexity index is 925. The maximum Gasteiger partial charge on any atom is 0.219 e. The Morgan fingerprint density at radius 3 is 2.93 bits per heavy atom. The molecule has 0 saturated carbocycles. The Kier molecular flexibility index (Phi) is 4.78. The zero-order valence-corrected chi connectivity index (χ0v) is 15.2. The molecule has 138 valence electrons. The summed E-state index contributed by atoms with van der Waals surface area (Å²) in [5.41, 5.74) is 2.85. The van der Waals surface area contributed by atoms with E-state index in [-0.39, 0.29) is 5.91 Å². The van der Waals surface area contributed by atoms with Crippen LogP contribution in [0.4, 0.5) is 5.82 Å². The lowest BCUT2D eigenvalue weighted by Crippen LogP contribution is -2.35. The molecule has 1 aliphatic heterocycles. The van der Waals surface area contributed by atoms with Crippen molar-refractivity contribution in [1.29, 1.82) is 0 Å². The molecule has 3 aromatic heterocycles. The fourth-order valence-electron chi connectivity index (χ4n) is 3.19. The summed E-state index contributed by atoms with van der Waals surface area (Å²) in [5, 5.41) is 3.44. The van der Waals surface area contributed by atoms with E-state index in [1.54, 1.807) is 31.8 Å². The Morgan fingerprint density at radius 2 is 2.19 bits per heavy atom. The predicted octanol–water partition coefficient (Wildman–Crippen LogP) is 1.75. The quantitative estimate of drug-likeness (QED) is 0.743. The number of hydrogen-bond acceptors (Lipinski definition) is 6. The second-order valence-electron chi connectivity index (χ2n) is 6.48. The number of aromatic nitrogens is 5. The molecule has 0 aliphatic carbocycles. The summed E-state index contributed by atoms with van der Waals surface area (Å²) in [7, 11) is 0. The van der Waals surface area contributed by atoms with Crippen LogP contribution in [-0.2, 0) is 24.3 Å². The van der Waals surface area contributed by atoms with Crippen LogP contribution in [0, 0.1) is 0 Å². The molecule has 1 aliphatic rings. The number of carbonyl (C=O) groups is 1. The van der Waals surface area contributed by atoms with Gasteiger partial charge >= 0.3 is 0 Å². The molecule has 1 N–H and O–H groups in total. The standard InChI is InChI=1S/C19H21N7O/c1-14(27)26-8-4-16-17(12-26)23-18(15-3-2-5-20-11-15)24-19(16)22-7-10-25-9-6-21-13-25/h2-3,5-6,9,11,13H,4,7-8,10,12H2,1H3,(H,22,23,24). The molecule has 8 nitrogen and oxygen atoms in total. The zero-order chi connectivity index (χ0) is 18.6. The SMILES string of the molecule is CC(=O)N1CCc2c(nc(-c3cccnc3)nc2NCCn2ccnc2)C1. The zero-order valence-electron chi connectivity index (χ0n) is 15.2. The van der Waals surface area contributed by atoms with Crippen molar-refractivity contribution in [3.05, 3.63) is 54.5 Å². The van der Waals surface area contributed by atoms with E-state index in [1.165, 1.54) is 0 Å². The lowest BCUT2D eigenvalue weighted by atomic mass is 10.0. The first-order chi connectivity index (χ1) is 13.2. The van der Waals surface area contributed by atoms with E-state index >= 15 is 0 Å². The van der Waals surface area contributed by atoms with Crippen molar-refractivity contribution >= 4 is 11.7 Å². The third-order valence-corrected chi connectivity index (χ3v) is 4.65. The van der Waals surface area contributed by atoms with Crippen LogP contribution in [0.25, 0.3) is 11.4 Å². The first kappa shape index (κ1) is 17.1. The topological polar surface area (TPSA) is 88.8 Å². The van der Waals surface area contributed by atoms with Gasteiger partial charge in [0.1, 0.15) is 5.82 Å². The monoisotopic (exact) mass is 363 g/mol. The van der Waals surface area contributed by atoms with Crippen LogP contribution in [0.15, 0.2) is 43.2 Å². The number of nitrogens with zero attached hydrogens (tertiary/aromatic N) is 6. The summed E-state index contributed by atoms with van der Waals surface area (Å²) in [6, 6.07) is 3.81. The van der Waals surface area contributed by atoms with Gasteiger partial charge in [-0.05, 0) is 18.6 Å². The van der Waals surface area contributed by atoms with Crippen LogP contribution in [0.1, 0.15) is 18.2 Å². The molecule has 0 fully saturated rings. The number of hydrogen-bond donors (Lipinski definition) is 1. The molecular weight excluding hydrogens is 342 g/mol. The normalized spacial score (nSPS) is 13.3. The molecule has 27 heavy (non-hydrogen) atoms. The lowest BCUT2D eigenvalue weighted by molar-refractivity contribution is -0.129. The Hall–Kier alpha value is -3.29. The van der Waals surface area contributed by atoms with Gasteiger partial charge in [0, 0.05) is 62.5 Å². The van der Waals surface area contributed by atoms with Gasteiger partial charge < -0.3 is 14.8 Å². The second-order valence-corrected chi connectivity index (χ2v) is 6.48. The van der Waals surface area contributed by atoms with E-state index in [0.29, 0.717) is 18.9 Å². The Labute approximate surface area is 157 Å². The van der Waals surface area contributed by atoms with E-state index in [0.717, 1.165) is 42.1 Å². The van der Waals surface area contributed by atoms with Crippen LogP contribution in [0.2, 0.25) is 0 Å². The molecule has 3 aromatic rings. The fraction of sp³-hybridized carbons (Fsp3) is 0.316. The maximum atomic E-state index is 11.8. The molecule has 1 amide bonds. The molecule has 0 aromatic carbocycles. The van der Waals surface area contributed by atoms with Crippen LogP contribution in [-0.4, -0.2) is 48.4 Å². The number of nitrogens with one attached hydrogen (secondary N) is 1. The number of carbonyl (C=O) groups excluding carboxylic acids is 1. The third-order valence-electron chi connectivity index (χ3n) is 4.65. The molecule has 0 bridgehead atoms. The van der Waals surface area contributed by atoms with Crippen molar-refractivity contribution in [2.45, 2.75) is 26.4 Å². The van der Waals surface area contributed by atoms with Gasteiger partial charge in [0.2, 0.25) is 5.91 Å². The van der Waals surface area contributed by atoms with E-state index < -0.39 is 0 Å². The first-order valence-electron chi connectivity index (χ1n) is 8.96. The van der Waals surface area contributed by atoms with Gasteiger partial charge in [-0.2, -0.15) is 0 Å². The summed E-state index contributed by atoms with van der Waals surface area (Å²) < 4.78 is 2.01. The minimum atomic E-state index is 0.0665. The highest BCUT2D eigenvalue weighted by Gasteiger charge is 2.24. The minimum Gasteiger partial charge on any atom is -0.368 e. The molecular formula is C19H21N7O. The van der Waals surface area contributed by atoms with E-state index in [4.69, 9.17) is 9.97 Å². The van der Waals surface area contributed by atoms with Gasteiger partial charge in [-0.1, -0.05) is 0 Å². The maximum absolute atomic E-state index is 11.8. The number of anilines is 1. The molecule has 0 saturated heterocycles. The van der Waals surface area contributed by atoms with Gasteiger partial charge in [0.15, 0.2) is 5.82 Å². The van der Waals surface area contributed by atoms with Crippen molar-refractivity contribution in [2.75, 3.05) is 18.4 Å². The average molecular weight is 363 g/mol. The van der Waals surface area contributed by atoms with Gasteiger partial charge in [0.05, 0.1) is 18.6 Å². The highest BCUT2D eigenvalue weighted by atomic mass is 16.2. The third kappa shape index (κ3) is 3.79. The van der Waals surface area contributed by atoms with Crippen molar-refractivity contribution in [3.8, 4) is 11.4 Å². The van der Waals surface area contributed by atoms with Crippen LogP contribution >= 0.6 is 0 Å². The summed E-state index contributed by atoms with van der Waals surface area (Å²) in [5.74, 6) is 1.52. The fourth-order valence-corrected chi connectivity index (χ4v) is 3.19. The van der Waals surface area contributed by atoms with Crippen molar-refractivity contribution in [3.63, 3.8) is 0 Å². The van der Waals surface area contributed by atoms with Crippen molar-refractivity contribution in [2.24, 2.45) is 0 Å². The number of rotatable bonds is 5. The van der Waals surface area contributed by atoms with Crippen LogP contribution in [0.5, 0.6) is 0 Å². The number of fused-ring (bicyclic) bond motifs is 1. The second kappa shape index (κ2) is 7.53. The summed E-state index contributed by atoms with van der Waals surface area (Å²) >= 11 is 0. The minimum absolute atomic E-state index is 0.0665. The van der Waals surface area contributed by atoms with Crippen molar-refractivity contribution in [1.82, 2.24) is 29.4 Å². The largest absolute Gasteiger partial charge is 0.368 e. The van der Waals surface area contributed by atoms with Gasteiger partial charge in [-0.15, -0.1) is 0 Å². The Morgan fingerprint density at radius 1 is 1.26 bits per heavy atom. The lowest BCUT2D eigenvalue weighted by Gasteiger charge is -2.28. The highest BCUT2D eigenvalue weighted by molar-refractivity contribution is 5.74. The molecule has 4 rings (SSSR count). The van der Waals surface area contributed by atoms with Crippen LogP contribution in [0.3, 0.4) is 0 Å². The summed E-state index contributed by atoms with van der Waals surface area (Å²) in [6.07, 6.45) is 9.72. The number of pyridine rings is 1. The number of imidazole rings is 1. The van der Waals surface area contributed by atoms with E-state index in [9.17, 15) is 4.79 Å². The van der Waals surface area contributed by atoms with E-state index in [1.807, 2.05) is 27.8 Å². The van der Waals surface area contributed by atoms with Crippen LogP contribution < -0.4 is 5.32 Å². The van der Waals surface area contributed by atoms with Gasteiger partial charge in [0.25, 0.3) is 0 Å². The highest BCUT2D eigenvalue weighted by Crippen LogP contribution is 2.27. The molecule has 0 atom stereocenters. The van der Waals surface area contributed by atoms with E-state index in [2.05, 4.69) is 15.3 Å². The molecule has 0 spiro atoms. The molecule has 4 heterocycles. The summed E-state index contributed by atoms with van der Waals surface area (Å²) in [4.78, 5) is 31.3. The smallest absolute Gasteiger partial charge is 0.219 e. The number of amides is 1. The first-order valence-corrected chi connectivity index (χ1v) is 8.96. The average Bonchev–Trinajstić information content (AvgIpc) is 3.21.